The van der Waals surface area contributed by atoms with Crippen LogP contribution >= 0.6 is 0 Å². The molecule has 2 unspecified atom stereocenters. The van der Waals surface area contributed by atoms with E-state index in [0.29, 0.717) is 19.8 Å². The van der Waals surface area contributed by atoms with Gasteiger partial charge in [0.25, 0.3) is 0 Å². The molecule has 1 aliphatic heterocycles. The first-order valence-corrected chi connectivity index (χ1v) is 3.33. The molecule has 0 amide bonds. The van der Waals surface area contributed by atoms with Crippen LogP contribution in [-0.2, 0) is 9.47 Å². The lowest BCUT2D eigenvalue weighted by Gasteiger charge is -2.25. The monoisotopic (exact) mass is 148 g/mol. The van der Waals surface area contributed by atoms with Crippen molar-refractivity contribution < 1.29 is 19.7 Å². The van der Waals surface area contributed by atoms with Gasteiger partial charge in [-0.3, -0.25) is 0 Å². The minimum atomic E-state index is -0.805. The summed E-state index contributed by atoms with van der Waals surface area (Å²) in [6.07, 6.45) is -1.15. The lowest BCUT2D eigenvalue weighted by atomic mass is 10.2. The van der Waals surface area contributed by atoms with Gasteiger partial charge in [-0.25, -0.2) is 0 Å². The van der Waals surface area contributed by atoms with Crippen LogP contribution in [0.15, 0.2) is 0 Å². The topological polar surface area (TPSA) is 58.9 Å². The van der Waals surface area contributed by atoms with E-state index < -0.39 is 6.10 Å². The molecule has 0 bridgehead atoms. The van der Waals surface area contributed by atoms with E-state index in [1.54, 1.807) is 0 Å². The van der Waals surface area contributed by atoms with E-state index in [0.717, 1.165) is 0 Å². The van der Waals surface area contributed by atoms with Crippen molar-refractivity contribution in [1.29, 1.82) is 0 Å². The number of hydrogen-bond donors (Lipinski definition) is 2. The molecule has 2 N–H and O–H groups in total. The summed E-state index contributed by atoms with van der Waals surface area (Å²) in [4.78, 5) is 0. The first-order chi connectivity index (χ1) is 4.84. The van der Waals surface area contributed by atoms with Crippen LogP contribution in [-0.4, -0.2) is 48.8 Å². The second kappa shape index (κ2) is 3.88. The average molecular weight is 148 g/mol. The molecule has 0 aromatic heterocycles. The normalized spacial score (nSPS) is 30.0. The van der Waals surface area contributed by atoms with Crippen molar-refractivity contribution in [1.82, 2.24) is 0 Å². The maximum absolute atomic E-state index is 9.03. The smallest absolute Gasteiger partial charge is 0.109 e. The van der Waals surface area contributed by atoms with Crippen LogP contribution in [0.3, 0.4) is 0 Å². The van der Waals surface area contributed by atoms with Crippen LogP contribution < -0.4 is 0 Å². The lowest BCUT2D eigenvalue weighted by Crippen LogP contribution is -2.40. The van der Waals surface area contributed by atoms with Gasteiger partial charge in [-0.15, -0.1) is 0 Å². The molecule has 1 fully saturated rings. The fourth-order valence-corrected chi connectivity index (χ4v) is 0.846. The summed E-state index contributed by atoms with van der Waals surface area (Å²) in [5, 5.41) is 17.5. The quantitative estimate of drug-likeness (QED) is 0.514. The summed E-state index contributed by atoms with van der Waals surface area (Å²) in [5.41, 5.74) is 0. The number of hydrogen-bond acceptors (Lipinski definition) is 4. The van der Waals surface area contributed by atoms with Crippen molar-refractivity contribution >= 4 is 0 Å². The number of rotatable bonds is 2. The van der Waals surface area contributed by atoms with Crippen LogP contribution in [0.5, 0.6) is 0 Å². The van der Waals surface area contributed by atoms with E-state index >= 15 is 0 Å². The van der Waals surface area contributed by atoms with Gasteiger partial charge in [0, 0.05) is 0 Å². The third-order valence-electron chi connectivity index (χ3n) is 1.46. The zero-order valence-electron chi connectivity index (χ0n) is 5.69. The molecule has 10 heavy (non-hydrogen) atoms. The number of ether oxygens (including phenoxy) is 2. The predicted octanol–water partition coefficient (Wildman–Crippen LogP) is -1.24. The Morgan fingerprint density at radius 2 is 2.30 bits per heavy atom. The molecule has 0 radical (unpaired) electrons. The van der Waals surface area contributed by atoms with Gasteiger partial charge < -0.3 is 19.7 Å². The Morgan fingerprint density at radius 1 is 1.50 bits per heavy atom. The molecule has 0 aliphatic carbocycles. The highest BCUT2D eigenvalue weighted by atomic mass is 16.6. The SMILES string of the molecule is OCC(O)C1COCCO1. The molecule has 0 aromatic carbocycles. The largest absolute Gasteiger partial charge is 0.394 e. The number of aliphatic hydroxyl groups excluding tert-OH is 2. The molecule has 4 nitrogen and oxygen atoms in total. The number of aliphatic hydroxyl groups is 2. The van der Waals surface area contributed by atoms with Crippen LogP contribution in [0.4, 0.5) is 0 Å². The summed E-state index contributed by atoms with van der Waals surface area (Å²) >= 11 is 0. The Hall–Kier alpha value is -0.160. The molecule has 4 heteroatoms. The van der Waals surface area contributed by atoms with Gasteiger partial charge in [0.05, 0.1) is 26.4 Å². The summed E-state index contributed by atoms with van der Waals surface area (Å²) < 4.78 is 10.1. The molecular formula is C6H12O4. The first-order valence-electron chi connectivity index (χ1n) is 3.33. The standard InChI is InChI=1S/C6H12O4/c7-3-5(8)6-4-9-1-2-10-6/h5-8H,1-4H2. The fraction of sp³-hybridized carbons (Fsp3) is 1.00. The van der Waals surface area contributed by atoms with Gasteiger partial charge in [0.1, 0.15) is 12.2 Å². The second-order valence-electron chi connectivity index (χ2n) is 2.23. The van der Waals surface area contributed by atoms with Crippen molar-refractivity contribution in [2.24, 2.45) is 0 Å². The average Bonchev–Trinajstić information content (AvgIpc) is 2.05. The Bertz CT molecular complexity index is 89.7. The molecule has 1 aliphatic rings. The molecule has 2 atom stereocenters. The maximum atomic E-state index is 9.03. The summed E-state index contributed by atoms with van der Waals surface area (Å²) in [6.45, 7) is 1.19. The Balaban J connectivity index is 2.24. The van der Waals surface area contributed by atoms with E-state index in [-0.39, 0.29) is 12.7 Å². The predicted molar refractivity (Wildman–Crippen MR) is 33.7 cm³/mol. The van der Waals surface area contributed by atoms with Crippen molar-refractivity contribution in [3.8, 4) is 0 Å². The van der Waals surface area contributed by atoms with Crippen molar-refractivity contribution in [3.05, 3.63) is 0 Å². The van der Waals surface area contributed by atoms with Gasteiger partial charge in [0.2, 0.25) is 0 Å². The highest BCUT2D eigenvalue weighted by Crippen LogP contribution is 2.04. The van der Waals surface area contributed by atoms with Gasteiger partial charge in [0.15, 0.2) is 0 Å². The van der Waals surface area contributed by atoms with Crippen molar-refractivity contribution in [2.75, 3.05) is 26.4 Å². The van der Waals surface area contributed by atoms with Crippen LogP contribution in [0.25, 0.3) is 0 Å². The molecule has 0 aromatic rings. The van der Waals surface area contributed by atoms with Crippen LogP contribution in [0.2, 0.25) is 0 Å². The zero-order valence-corrected chi connectivity index (χ0v) is 5.69. The van der Waals surface area contributed by atoms with Crippen molar-refractivity contribution in [3.63, 3.8) is 0 Å². The minimum Gasteiger partial charge on any atom is -0.394 e. The fourth-order valence-electron chi connectivity index (χ4n) is 0.846. The van der Waals surface area contributed by atoms with E-state index in [4.69, 9.17) is 19.7 Å². The van der Waals surface area contributed by atoms with E-state index in [9.17, 15) is 0 Å². The molecule has 0 spiro atoms. The molecule has 1 saturated heterocycles. The zero-order chi connectivity index (χ0) is 7.40. The lowest BCUT2D eigenvalue weighted by molar-refractivity contribution is -0.140. The van der Waals surface area contributed by atoms with E-state index in [1.165, 1.54) is 0 Å². The van der Waals surface area contributed by atoms with Gasteiger partial charge in [-0.1, -0.05) is 0 Å². The molecule has 1 rings (SSSR count). The van der Waals surface area contributed by atoms with Gasteiger partial charge in [-0.05, 0) is 0 Å². The molecule has 1 heterocycles. The highest BCUT2D eigenvalue weighted by molar-refractivity contribution is 4.69. The highest BCUT2D eigenvalue weighted by Gasteiger charge is 2.21. The first kappa shape index (κ1) is 7.94. The van der Waals surface area contributed by atoms with Crippen molar-refractivity contribution in [2.45, 2.75) is 12.2 Å². The third kappa shape index (κ3) is 1.91. The summed E-state index contributed by atoms with van der Waals surface area (Å²) in [5.74, 6) is 0. The summed E-state index contributed by atoms with van der Waals surface area (Å²) in [7, 11) is 0. The van der Waals surface area contributed by atoms with E-state index in [1.807, 2.05) is 0 Å². The minimum absolute atomic E-state index is 0.270. The Labute approximate surface area is 59.4 Å². The Morgan fingerprint density at radius 3 is 2.80 bits per heavy atom. The second-order valence-corrected chi connectivity index (χ2v) is 2.23. The van der Waals surface area contributed by atoms with E-state index in [2.05, 4.69) is 0 Å². The Kier molecular flexibility index (Phi) is 3.08. The molecule has 60 valence electrons. The third-order valence-corrected chi connectivity index (χ3v) is 1.46. The summed E-state index contributed by atoms with van der Waals surface area (Å²) in [6, 6.07) is 0. The van der Waals surface area contributed by atoms with Crippen LogP contribution in [0.1, 0.15) is 0 Å². The maximum Gasteiger partial charge on any atom is 0.109 e. The van der Waals surface area contributed by atoms with Crippen LogP contribution in [0, 0.1) is 0 Å². The van der Waals surface area contributed by atoms with Gasteiger partial charge in [-0.2, -0.15) is 0 Å². The molecule has 0 saturated carbocycles. The molecular weight excluding hydrogens is 136 g/mol. The van der Waals surface area contributed by atoms with Gasteiger partial charge >= 0.3 is 0 Å².